The van der Waals surface area contributed by atoms with Crippen LogP contribution in [-0.2, 0) is 13.1 Å². The summed E-state index contributed by atoms with van der Waals surface area (Å²) in [7, 11) is 0. The van der Waals surface area contributed by atoms with Crippen LogP contribution in [0.4, 0.5) is 0 Å². The third kappa shape index (κ3) is 3.61. The molecule has 2 saturated carbocycles. The number of rotatable bonds is 6. The van der Waals surface area contributed by atoms with E-state index in [1.807, 2.05) is 6.07 Å². The van der Waals surface area contributed by atoms with Gasteiger partial charge in [0.2, 0.25) is 0 Å². The van der Waals surface area contributed by atoms with Gasteiger partial charge in [0.05, 0.1) is 11.4 Å². The molecule has 3 heterocycles. The molecule has 138 valence electrons. The standard InChI is InChI=1S/C20H26N4O2/c25-20-6-5-18(15-1-2-15)21-24(20)12-14-7-9-23(10-8-14)13-17-11-19(26-22-17)16-3-4-16/h5-6,11,14-16H,1-4,7-10,12-13H2. The van der Waals surface area contributed by atoms with E-state index in [9.17, 15) is 4.79 Å². The second-order valence-corrected chi connectivity index (χ2v) is 8.27. The average molecular weight is 354 g/mol. The summed E-state index contributed by atoms with van der Waals surface area (Å²) < 4.78 is 7.16. The van der Waals surface area contributed by atoms with Crippen molar-refractivity contribution in [3.05, 3.63) is 45.7 Å². The molecule has 26 heavy (non-hydrogen) atoms. The minimum atomic E-state index is 0.0343. The van der Waals surface area contributed by atoms with Crippen molar-refractivity contribution in [2.75, 3.05) is 13.1 Å². The van der Waals surface area contributed by atoms with E-state index in [1.165, 1.54) is 25.7 Å². The zero-order chi connectivity index (χ0) is 17.5. The molecule has 0 N–H and O–H groups in total. The zero-order valence-corrected chi connectivity index (χ0v) is 15.1. The fraction of sp³-hybridized carbons (Fsp3) is 0.650. The molecular weight excluding hydrogens is 328 g/mol. The molecule has 0 radical (unpaired) electrons. The van der Waals surface area contributed by atoms with Gasteiger partial charge in [-0.1, -0.05) is 5.16 Å². The van der Waals surface area contributed by atoms with Gasteiger partial charge in [-0.25, -0.2) is 4.68 Å². The average Bonchev–Trinajstić information content (AvgIpc) is 3.57. The van der Waals surface area contributed by atoms with E-state index in [0.717, 1.165) is 56.2 Å². The van der Waals surface area contributed by atoms with E-state index in [1.54, 1.807) is 10.7 Å². The molecule has 2 aliphatic carbocycles. The van der Waals surface area contributed by atoms with E-state index < -0.39 is 0 Å². The molecule has 1 aliphatic heterocycles. The van der Waals surface area contributed by atoms with Crippen LogP contribution in [0.1, 0.15) is 67.5 Å². The highest BCUT2D eigenvalue weighted by atomic mass is 16.5. The monoisotopic (exact) mass is 354 g/mol. The van der Waals surface area contributed by atoms with E-state index in [2.05, 4.69) is 21.2 Å². The van der Waals surface area contributed by atoms with Crippen molar-refractivity contribution in [2.24, 2.45) is 5.92 Å². The van der Waals surface area contributed by atoms with Crippen molar-refractivity contribution < 1.29 is 4.52 Å². The summed E-state index contributed by atoms with van der Waals surface area (Å²) in [5, 5.41) is 8.84. The van der Waals surface area contributed by atoms with Crippen LogP contribution in [0.2, 0.25) is 0 Å². The Balaban J connectivity index is 1.15. The van der Waals surface area contributed by atoms with Crippen molar-refractivity contribution >= 4 is 0 Å². The summed E-state index contributed by atoms with van der Waals surface area (Å²) >= 11 is 0. The van der Waals surface area contributed by atoms with Crippen LogP contribution in [0.3, 0.4) is 0 Å². The highest BCUT2D eigenvalue weighted by molar-refractivity contribution is 5.14. The predicted molar refractivity (Wildman–Crippen MR) is 97.0 cm³/mol. The maximum atomic E-state index is 12.1. The van der Waals surface area contributed by atoms with Gasteiger partial charge in [-0.05, 0) is 63.6 Å². The van der Waals surface area contributed by atoms with Crippen LogP contribution in [0.25, 0.3) is 0 Å². The second kappa shape index (κ2) is 6.65. The Morgan fingerprint density at radius 3 is 2.54 bits per heavy atom. The number of piperidine rings is 1. The number of aromatic nitrogens is 3. The van der Waals surface area contributed by atoms with Gasteiger partial charge in [-0.3, -0.25) is 9.69 Å². The summed E-state index contributed by atoms with van der Waals surface area (Å²) in [6.45, 7) is 3.72. The maximum Gasteiger partial charge on any atom is 0.266 e. The first-order valence-electron chi connectivity index (χ1n) is 10.0. The molecule has 3 fully saturated rings. The van der Waals surface area contributed by atoms with Gasteiger partial charge < -0.3 is 4.52 Å². The Morgan fingerprint density at radius 2 is 1.81 bits per heavy atom. The lowest BCUT2D eigenvalue weighted by molar-refractivity contribution is 0.160. The third-order valence-corrected chi connectivity index (χ3v) is 5.96. The van der Waals surface area contributed by atoms with Crippen LogP contribution >= 0.6 is 0 Å². The van der Waals surface area contributed by atoms with Crippen LogP contribution in [0.15, 0.2) is 27.5 Å². The normalized spacial score (nSPS) is 22.0. The van der Waals surface area contributed by atoms with Gasteiger partial charge in [-0.2, -0.15) is 5.10 Å². The number of likely N-dealkylation sites (tertiary alicyclic amines) is 1. The first-order chi connectivity index (χ1) is 12.7. The van der Waals surface area contributed by atoms with Crippen molar-refractivity contribution in [1.29, 1.82) is 0 Å². The first kappa shape index (κ1) is 16.2. The molecular formula is C20H26N4O2. The van der Waals surface area contributed by atoms with E-state index >= 15 is 0 Å². The molecule has 0 unspecified atom stereocenters. The lowest BCUT2D eigenvalue weighted by Crippen LogP contribution is -2.36. The van der Waals surface area contributed by atoms with E-state index in [4.69, 9.17) is 4.52 Å². The highest BCUT2D eigenvalue weighted by Gasteiger charge is 2.29. The zero-order valence-electron chi connectivity index (χ0n) is 15.1. The molecule has 6 heteroatoms. The number of hydrogen-bond acceptors (Lipinski definition) is 5. The van der Waals surface area contributed by atoms with Crippen LogP contribution < -0.4 is 5.56 Å². The molecule has 5 rings (SSSR count). The highest BCUT2D eigenvalue weighted by Crippen LogP contribution is 2.40. The molecule has 2 aromatic heterocycles. The summed E-state index contributed by atoms with van der Waals surface area (Å²) in [5.74, 6) is 2.81. The predicted octanol–water partition coefficient (Wildman–Crippen LogP) is 2.90. The van der Waals surface area contributed by atoms with Crippen molar-refractivity contribution in [3.63, 3.8) is 0 Å². The van der Waals surface area contributed by atoms with Gasteiger partial charge >= 0.3 is 0 Å². The Labute approximate surface area is 153 Å². The second-order valence-electron chi connectivity index (χ2n) is 8.27. The summed E-state index contributed by atoms with van der Waals surface area (Å²) in [5.41, 5.74) is 2.19. The summed E-state index contributed by atoms with van der Waals surface area (Å²) in [4.78, 5) is 14.6. The first-order valence-corrected chi connectivity index (χ1v) is 10.0. The van der Waals surface area contributed by atoms with Gasteiger partial charge in [0.15, 0.2) is 0 Å². The molecule has 6 nitrogen and oxygen atoms in total. The fourth-order valence-corrected chi connectivity index (χ4v) is 3.96. The molecule has 0 amide bonds. The van der Waals surface area contributed by atoms with Crippen LogP contribution in [0, 0.1) is 5.92 Å². The Hall–Kier alpha value is -1.95. The SMILES string of the molecule is O=c1ccc(C2CC2)nn1CC1CCN(Cc2cc(C3CC3)on2)CC1. The molecule has 0 spiro atoms. The third-order valence-electron chi connectivity index (χ3n) is 5.96. The molecule has 0 aromatic carbocycles. The lowest BCUT2D eigenvalue weighted by Gasteiger charge is -2.31. The number of nitrogens with zero attached hydrogens (tertiary/aromatic N) is 4. The van der Waals surface area contributed by atoms with Crippen LogP contribution in [-0.4, -0.2) is 32.9 Å². The molecule has 0 bridgehead atoms. The molecule has 3 aliphatic rings. The van der Waals surface area contributed by atoms with E-state index in [0.29, 0.717) is 17.8 Å². The Kier molecular flexibility index (Phi) is 4.15. The maximum absolute atomic E-state index is 12.1. The van der Waals surface area contributed by atoms with E-state index in [-0.39, 0.29) is 5.56 Å². The Bertz CT molecular complexity index is 826. The molecule has 0 atom stereocenters. The minimum absolute atomic E-state index is 0.0343. The molecule has 2 aromatic rings. The van der Waals surface area contributed by atoms with Gasteiger partial charge in [-0.15, -0.1) is 0 Å². The quantitative estimate of drug-likeness (QED) is 0.798. The van der Waals surface area contributed by atoms with Gasteiger partial charge in [0, 0.05) is 37.1 Å². The smallest absolute Gasteiger partial charge is 0.266 e. The minimum Gasteiger partial charge on any atom is -0.361 e. The number of hydrogen-bond donors (Lipinski definition) is 0. The lowest BCUT2D eigenvalue weighted by atomic mass is 9.96. The van der Waals surface area contributed by atoms with Crippen molar-refractivity contribution in [3.8, 4) is 0 Å². The van der Waals surface area contributed by atoms with Crippen molar-refractivity contribution in [1.82, 2.24) is 19.8 Å². The van der Waals surface area contributed by atoms with Crippen LogP contribution in [0.5, 0.6) is 0 Å². The molecule has 1 saturated heterocycles. The summed E-state index contributed by atoms with van der Waals surface area (Å²) in [6.07, 6.45) is 7.14. The Morgan fingerprint density at radius 1 is 1.04 bits per heavy atom. The van der Waals surface area contributed by atoms with Gasteiger partial charge in [0.1, 0.15) is 5.76 Å². The summed E-state index contributed by atoms with van der Waals surface area (Å²) in [6, 6.07) is 5.74. The van der Waals surface area contributed by atoms with Gasteiger partial charge in [0.25, 0.3) is 5.56 Å². The van der Waals surface area contributed by atoms with Crippen molar-refractivity contribution in [2.45, 2.75) is 63.5 Å². The topological polar surface area (TPSA) is 64.2 Å². The largest absolute Gasteiger partial charge is 0.361 e. The fourth-order valence-electron chi connectivity index (χ4n) is 3.96.